The zero-order valence-electron chi connectivity index (χ0n) is 20.8. The van der Waals surface area contributed by atoms with Crippen LogP contribution < -0.4 is 4.74 Å². The minimum atomic E-state index is -0.502. The summed E-state index contributed by atoms with van der Waals surface area (Å²) in [5.74, 6) is 0.995. The first-order chi connectivity index (χ1) is 16.7. The van der Waals surface area contributed by atoms with Crippen LogP contribution in [0.1, 0.15) is 55.3 Å². The van der Waals surface area contributed by atoms with Crippen LogP contribution in [-0.4, -0.2) is 84.6 Å². The molecular formula is C26H35ClN4O4. The summed E-state index contributed by atoms with van der Waals surface area (Å²) >= 11 is 6.14. The summed E-state index contributed by atoms with van der Waals surface area (Å²) in [6.07, 6.45) is 1.91. The summed E-state index contributed by atoms with van der Waals surface area (Å²) in [6, 6.07) is 8.99. The minimum Gasteiger partial charge on any atom is -0.493 e. The van der Waals surface area contributed by atoms with Crippen LogP contribution in [0.2, 0.25) is 5.02 Å². The molecule has 8 nitrogen and oxygen atoms in total. The number of hydrogen-bond donors (Lipinski definition) is 0. The molecule has 0 saturated carbocycles. The topological polar surface area (TPSA) is 79.1 Å². The number of amides is 2. The normalized spacial score (nSPS) is 21.4. The SMILES string of the molecule is CC(C)c1cc(C(=O)N2CCC[C@](COc3cccc(Cl)c3)(CC(=O)N3CCN(C)CC3)C2)on1. The molecular weight excluding hydrogens is 468 g/mol. The molecule has 35 heavy (non-hydrogen) atoms. The summed E-state index contributed by atoms with van der Waals surface area (Å²) in [6.45, 7) is 8.55. The number of piperidine rings is 1. The number of benzene rings is 1. The van der Waals surface area contributed by atoms with Gasteiger partial charge in [0.1, 0.15) is 5.75 Å². The second-order valence-electron chi connectivity index (χ2n) is 10.2. The van der Waals surface area contributed by atoms with Crippen molar-refractivity contribution in [2.75, 3.05) is 52.9 Å². The molecule has 0 spiro atoms. The molecule has 190 valence electrons. The number of hydrogen-bond acceptors (Lipinski definition) is 6. The van der Waals surface area contributed by atoms with Gasteiger partial charge in [0.15, 0.2) is 0 Å². The van der Waals surface area contributed by atoms with Gasteiger partial charge in [0, 0.05) is 62.2 Å². The number of piperazine rings is 1. The Hall–Kier alpha value is -2.58. The van der Waals surface area contributed by atoms with Gasteiger partial charge in [-0.25, -0.2) is 0 Å². The molecule has 3 heterocycles. The van der Waals surface area contributed by atoms with Crippen molar-refractivity contribution >= 4 is 23.4 Å². The molecule has 0 bridgehead atoms. The summed E-state index contributed by atoms with van der Waals surface area (Å²) in [7, 11) is 2.07. The molecule has 9 heteroatoms. The highest BCUT2D eigenvalue weighted by molar-refractivity contribution is 6.30. The van der Waals surface area contributed by atoms with Gasteiger partial charge < -0.3 is 24.0 Å². The predicted octanol–water partition coefficient (Wildman–Crippen LogP) is 3.92. The molecule has 1 aromatic heterocycles. The van der Waals surface area contributed by atoms with Crippen molar-refractivity contribution in [2.45, 2.75) is 39.0 Å². The molecule has 2 aliphatic rings. The van der Waals surface area contributed by atoms with E-state index in [2.05, 4.69) is 17.1 Å². The number of nitrogens with zero attached hydrogens (tertiary/aromatic N) is 4. The van der Waals surface area contributed by atoms with Crippen molar-refractivity contribution in [3.63, 3.8) is 0 Å². The van der Waals surface area contributed by atoms with E-state index < -0.39 is 5.41 Å². The third kappa shape index (κ3) is 6.35. The Morgan fingerprint density at radius 2 is 1.91 bits per heavy atom. The molecule has 1 aromatic carbocycles. The van der Waals surface area contributed by atoms with Gasteiger partial charge in [0.05, 0.1) is 12.3 Å². The fourth-order valence-corrected chi connectivity index (χ4v) is 4.97. The van der Waals surface area contributed by atoms with E-state index in [1.165, 1.54) is 0 Å². The first-order valence-electron chi connectivity index (χ1n) is 12.4. The second-order valence-corrected chi connectivity index (χ2v) is 10.6. The van der Waals surface area contributed by atoms with E-state index in [-0.39, 0.29) is 23.5 Å². The summed E-state index contributed by atoms with van der Waals surface area (Å²) in [4.78, 5) is 32.6. The number of carbonyl (C=O) groups is 2. The third-order valence-corrected chi connectivity index (χ3v) is 7.24. The van der Waals surface area contributed by atoms with Crippen molar-refractivity contribution in [3.05, 3.63) is 46.8 Å². The van der Waals surface area contributed by atoms with Gasteiger partial charge in [-0.15, -0.1) is 0 Å². The van der Waals surface area contributed by atoms with Crippen LogP contribution in [0.5, 0.6) is 5.75 Å². The molecule has 0 radical (unpaired) electrons. The Labute approximate surface area is 212 Å². The number of likely N-dealkylation sites (tertiary alicyclic amines) is 1. The Morgan fingerprint density at radius 3 is 2.60 bits per heavy atom. The fraction of sp³-hybridized carbons (Fsp3) is 0.577. The lowest BCUT2D eigenvalue weighted by molar-refractivity contribution is -0.137. The highest BCUT2D eigenvalue weighted by Crippen LogP contribution is 2.36. The first kappa shape index (κ1) is 25.5. The molecule has 0 aliphatic carbocycles. The zero-order valence-corrected chi connectivity index (χ0v) is 21.6. The van der Waals surface area contributed by atoms with E-state index in [9.17, 15) is 9.59 Å². The zero-order chi connectivity index (χ0) is 25.0. The summed E-state index contributed by atoms with van der Waals surface area (Å²) in [5, 5.41) is 4.64. The Balaban J connectivity index is 1.52. The maximum Gasteiger partial charge on any atom is 0.292 e. The van der Waals surface area contributed by atoms with Crippen LogP contribution in [0.15, 0.2) is 34.9 Å². The average molecular weight is 503 g/mol. The number of carbonyl (C=O) groups excluding carboxylic acids is 2. The number of likely N-dealkylation sites (N-methyl/N-ethyl adjacent to an activating group) is 1. The Morgan fingerprint density at radius 1 is 1.14 bits per heavy atom. The van der Waals surface area contributed by atoms with Gasteiger partial charge in [-0.05, 0) is 44.0 Å². The molecule has 4 rings (SSSR count). The van der Waals surface area contributed by atoms with Crippen LogP contribution >= 0.6 is 11.6 Å². The molecule has 2 fully saturated rings. The molecule has 0 N–H and O–H groups in total. The molecule has 0 unspecified atom stereocenters. The van der Waals surface area contributed by atoms with E-state index in [0.717, 1.165) is 44.7 Å². The number of aromatic nitrogens is 1. The van der Waals surface area contributed by atoms with E-state index >= 15 is 0 Å². The van der Waals surface area contributed by atoms with Crippen molar-refractivity contribution in [1.29, 1.82) is 0 Å². The van der Waals surface area contributed by atoms with Crippen LogP contribution in [0.25, 0.3) is 0 Å². The number of halogens is 1. The number of rotatable bonds is 7. The van der Waals surface area contributed by atoms with E-state index in [1.54, 1.807) is 23.1 Å². The third-order valence-electron chi connectivity index (χ3n) is 7.00. The first-order valence-corrected chi connectivity index (χ1v) is 12.7. The monoisotopic (exact) mass is 502 g/mol. The lowest BCUT2D eigenvalue weighted by atomic mass is 9.77. The maximum atomic E-state index is 13.4. The van der Waals surface area contributed by atoms with Crippen molar-refractivity contribution in [2.24, 2.45) is 5.41 Å². The van der Waals surface area contributed by atoms with Crippen molar-refractivity contribution < 1.29 is 18.8 Å². The van der Waals surface area contributed by atoms with Gasteiger partial charge in [-0.3, -0.25) is 9.59 Å². The standard InChI is InChI=1S/C26H35ClN4O4/c1-19(2)22-15-23(35-28-22)25(33)31-9-5-8-26(17-31,18-34-21-7-4-6-20(27)14-21)16-24(32)30-12-10-29(3)11-13-30/h4,6-7,14-15,19H,5,8-13,16-18H2,1-3H3/t26-/m0/s1. The molecule has 1 atom stereocenters. The Kier molecular flexibility index (Phi) is 8.02. The second kappa shape index (κ2) is 11.0. The Bertz CT molecular complexity index is 1030. The summed E-state index contributed by atoms with van der Waals surface area (Å²) in [5.41, 5.74) is 0.253. The molecule has 2 amide bonds. The summed E-state index contributed by atoms with van der Waals surface area (Å²) < 4.78 is 11.5. The highest BCUT2D eigenvalue weighted by Gasteiger charge is 2.42. The van der Waals surface area contributed by atoms with Crippen molar-refractivity contribution in [3.8, 4) is 5.75 Å². The van der Waals surface area contributed by atoms with Gasteiger partial charge in [0.2, 0.25) is 11.7 Å². The van der Waals surface area contributed by atoms with Gasteiger partial charge in [-0.2, -0.15) is 0 Å². The predicted molar refractivity (Wildman–Crippen MR) is 134 cm³/mol. The van der Waals surface area contributed by atoms with E-state index in [1.807, 2.05) is 30.9 Å². The molecule has 2 aromatic rings. The van der Waals surface area contributed by atoms with Crippen LogP contribution in [0.3, 0.4) is 0 Å². The minimum absolute atomic E-state index is 0.115. The van der Waals surface area contributed by atoms with Gasteiger partial charge in [0.25, 0.3) is 5.91 Å². The lowest BCUT2D eigenvalue weighted by Gasteiger charge is -2.43. The number of ether oxygens (including phenoxy) is 1. The van der Waals surface area contributed by atoms with Crippen LogP contribution in [-0.2, 0) is 4.79 Å². The van der Waals surface area contributed by atoms with E-state index in [4.69, 9.17) is 20.9 Å². The van der Waals surface area contributed by atoms with Crippen molar-refractivity contribution in [1.82, 2.24) is 19.9 Å². The van der Waals surface area contributed by atoms with E-state index in [0.29, 0.717) is 36.9 Å². The fourth-order valence-electron chi connectivity index (χ4n) is 4.79. The molecule has 2 saturated heterocycles. The lowest BCUT2D eigenvalue weighted by Crippen LogP contribution is -2.53. The van der Waals surface area contributed by atoms with Gasteiger partial charge in [-0.1, -0.05) is 36.7 Å². The van der Waals surface area contributed by atoms with Crippen LogP contribution in [0, 0.1) is 5.41 Å². The molecule has 2 aliphatic heterocycles. The largest absolute Gasteiger partial charge is 0.493 e. The quantitative estimate of drug-likeness (QED) is 0.571. The smallest absolute Gasteiger partial charge is 0.292 e. The maximum absolute atomic E-state index is 13.4. The average Bonchev–Trinajstić information content (AvgIpc) is 3.34. The van der Waals surface area contributed by atoms with Gasteiger partial charge >= 0.3 is 0 Å². The highest BCUT2D eigenvalue weighted by atomic mass is 35.5. The van der Waals surface area contributed by atoms with Crippen LogP contribution in [0.4, 0.5) is 0 Å².